The summed E-state index contributed by atoms with van der Waals surface area (Å²) in [5, 5.41) is 8.72. The van der Waals surface area contributed by atoms with E-state index in [1.807, 2.05) is 0 Å². The number of aliphatic hydroxyl groups is 1. The average molecular weight is 360 g/mol. The van der Waals surface area contributed by atoms with Gasteiger partial charge in [-0.3, -0.25) is 0 Å². The van der Waals surface area contributed by atoms with Crippen molar-refractivity contribution in [3.8, 4) is 0 Å². The molecule has 0 aliphatic rings. The van der Waals surface area contributed by atoms with Crippen LogP contribution in [0.25, 0.3) is 0 Å². The van der Waals surface area contributed by atoms with Crippen molar-refractivity contribution < 1.29 is 54.5 Å². The summed E-state index contributed by atoms with van der Waals surface area (Å²) in [6.07, 6.45) is -13.0. The predicted molar refractivity (Wildman–Crippen MR) is 58.6 cm³/mol. The number of alkyl halides is 8. The van der Waals surface area contributed by atoms with Crippen molar-refractivity contribution in [2.75, 3.05) is 13.2 Å². The third-order valence-electron chi connectivity index (χ3n) is 2.33. The summed E-state index contributed by atoms with van der Waals surface area (Å²) in [7, 11) is 0. The largest absolute Gasteiger partial charge is 0.454 e. The molecular weight excluding hydrogens is 348 g/mol. The van der Waals surface area contributed by atoms with E-state index < -0.39 is 49.7 Å². The molecule has 0 heterocycles. The Balaban J connectivity index is 5.04. The highest BCUT2D eigenvalue weighted by atomic mass is 19.4. The second kappa shape index (κ2) is 7.43. The molecule has 0 saturated heterocycles. The van der Waals surface area contributed by atoms with Gasteiger partial charge >= 0.3 is 30.3 Å². The Morgan fingerprint density at radius 1 is 1.17 bits per heavy atom. The molecule has 4 nitrogen and oxygen atoms in total. The van der Waals surface area contributed by atoms with E-state index in [-0.39, 0.29) is 5.57 Å². The van der Waals surface area contributed by atoms with E-state index in [1.165, 1.54) is 0 Å². The van der Waals surface area contributed by atoms with Crippen molar-refractivity contribution in [1.29, 1.82) is 0 Å². The summed E-state index contributed by atoms with van der Waals surface area (Å²) in [5.74, 6) is -14.1. The van der Waals surface area contributed by atoms with Crippen molar-refractivity contribution >= 4 is 5.97 Å². The van der Waals surface area contributed by atoms with Crippen LogP contribution in [0.3, 0.4) is 0 Å². The molecule has 0 saturated carbocycles. The number of esters is 1. The molecule has 0 aromatic heterocycles. The van der Waals surface area contributed by atoms with Crippen molar-refractivity contribution in [2.24, 2.45) is 0 Å². The number of hydrogen-bond donors (Lipinski definition) is 1. The van der Waals surface area contributed by atoms with E-state index in [0.717, 1.165) is 6.92 Å². The smallest absolute Gasteiger partial charge is 0.426 e. The molecule has 0 aliphatic heterocycles. The monoisotopic (exact) mass is 360 g/mol. The molecule has 0 aromatic rings. The first-order chi connectivity index (χ1) is 10.2. The van der Waals surface area contributed by atoms with Crippen LogP contribution in [0.4, 0.5) is 35.1 Å². The zero-order valence-electron chi connectivity index (χ0n) is 11.5. The van der Waals surface area contributed by atoms with Gasteiger partial charge in [-0.1, -0.05) is 6.58 Å². The first kappa shape index (κ1) is 21.6. The lowest BCUT2D eigenvalue weighted by Crippen LogP contribution is -2.59. The first-order valence-electron chi connectivity index (χ1n) is 5.73. The molecule has 0 spiro atoms. The minimum Gasteiger partial charge on any atom is -0.454 e. The third kappa shape index (κ3) is 4.77. The maximum absolute atomic E-state index is 13.0. The molecule has 12 heteroatoms. The number of aliphatic hydroxyl groups excluding tert-OH is 1. The Kier molecular flexibility index (Phi) is 6.96. The van der Waals surface area contributed by atoms with Gasteiger partial charge in [-0.15, -0.1) is 0 Å². The maximum Gasteiger partial charge on any atom is 0.426 e. The van der Waals surface area contributed by atoms with Gasteiger partial charge < -0.3 is 14.6 Å². The van der Waals surface area contributed by atoms with Gasteiger partial charge in [0.15, 0.2) is 0 Å². The lowest BCUT2D eigenvalue weighted by Gasteiger charge is -2.32. The van der Waals surface area contributed by atoms with Crippen LogP contribution in [0.2, 0.25) is 0 Å². The van der Waals surface area contributed by atoms with Crippen molar-refractivity contribution in [3.05, 3.63) is 12.2 Å². The van der Waals surface area contributed by atoms with Crippen molar-refractivity contribution in [3.63, 3.8) is 0 Å². The fourth-order valence-corrected chi connectivity index (χ4v) is 0.995. The first-order valence-corrected chi connectivity index (χ1v) is 5.73. The summed E-state index contributed by atoms with van der Waals surface area (Å²) >= 11 is 0. The molecule has 0 aromatic carbocycles. The Morgan fingerprint density at radius 2 is 1.65 bits per heavy atom. The lowest BCUT2D eigenvalue weighted by atomic mass is 10.1. The molecule has 0 rings (SSSR count). The number of ether oxygens (including phenoxy) is 2. The van der Waals surface area contributed by atoms with E-state index in [2.05, 4.69) is 16.1 Å². The highest BCUT2D eigenvalue weighted by molar-refractivity contribution is 5.87. The topological polar surface area (TPSA) is 55.8 Å². The summed E-state index contributed by atoms with van der Waals surface area (Å²) in [6.45, 7) is 1.38. The van der Waals surface area contributed by atoms with E-state index in [1.54, 1.807) is 0 Å². The van der Waals surface area contributed by atoms with Gasteiger partial charge in [0.05, 0.1) is 13.2 Å². The molecule has 1 atom stereocenters. The van der Waals surface area contributed by atoms with Crippen LogP contribution in [-0.2, 0) is 14.3 Å². The second-order valence-electron chi connectivity index (χ2n) is 4.32. The van der Waals surface area contributed by atoms with E-state index in [9.17, 15) is 39.9 Å². The second-order valence-corrected chi connectivity index (χ2v) is 4.32. The van der Waals surface area contributed by atoms with Gasteiger partial charge in [0, 0.05) is 5.57 Å². The minimum absolute atomic E-state index is 0.246. The molecule has 136 valence electrons. The molecule has 1 unspecified atom stereocenters. The van der Waals surface area contributed by atoms with Gasteiger partial charge in [-0.2, -0.15) is 26.3 Å². The van der Waals surface area contributed by atoms with Crippen LogP contribution in [0, 0.1) is 0 Å². The Hall–Kier alpha value is -1.43. The normalized spacial score (nSPS) is 14.7. The van der Waals surface area contributed by atoms with Gasteiger partial charge in [0.1, 0.15) is 6.10 Å². The van der Waals surface area contributed by atoms with Crippen LogP contribution in [0.1, 0.15) is 6.92 Å². The van der Waals surface area contributed by atoms with Gasteiger partial charge in [-0.25, -0.2) is 13.6 Å². The van der Waals surface area contributed by atoms with Crippen molar-refractivity contribution in [1.82, 2.24) is 0 Å². The summed E-state index contributed by atoms with van der Waals surface area (Å²) in [4.78, 5) is 11.0. The van der Waals surface area contributed by atoms with Crippen LogP contribution in [-0.4, -0.2) is 54.8 Å². The Morgan fingerprint density at radius 3 is 2.00 bits per heavy atom. The quantitative estimate of drug-likeness (QED) is 0.390. The van der Waals surface area contributed by atoms with E-state index >= 15 is 0 Å². The number of carbonyl (C=O) groups is 1. The van der Waals surface area contributed by atoms with Crippen LogP contribution in [0.15, 0.2) is 12.2 Å². The zero-order chi connectivity index (χ0) is 18.6. The van der Waals surface area contributed by atoms with Gasteiger partial charge in [-0.05, 0) is 6.92 Å². The van der Waals surface area contributed by atoms with Gasteiger partial charge in [0.2, 0.25) is 0 Å². The maximum atomic E-state index is 13.0. The van der Waals surface area contributed by atoms with Crippen molar-refractivity contribution in [2.45, 2.75) is 37.4 Å². The number of halogens is 8. The van der Waals surface area contributed by atoms with Gasteiger partial charge in [0.25, 0.3) is 0 Å². The summed E-state index contributed by atoms with van der Waals surface area (Å²) < 4.78 is 108. The number of carbonyl (C=O) groups excluding carboxylic acids is 1. The average Bonchev–Trinajstić information content (AvgIpc) is 2.42. The lowest BCUT2D eigenvalue weighted by molar-refractivity contribution is -0.415. The molecule has 0 fully saturated rings. The molecule has 0 amide bonds. The third-order valence-corrected chi connectivity index (χ3v) is 2.33. The summed E-state index contributed by atoms with van der Waals surface area (Å²) in [5.41, 5.74) is -0.246. The standard InChI is InChI=1S/C11H12F8O4/c1-5(2)7(21)23-6(3-20)4-22-11(18,19)10(16,17)9(14,15)8(12)13/h6,8,20H,1,3-4H2,2H3. The van der Waals surface area contributed by atoms with Crippen LogP contribution >= 0.6 is 0 Å². The number of rotatable bonds is 9. The molecule has 0 bridgehead atoms. The molecule has 0 aliphatic carbocycles. The zero-order valence-corrected chi connectivity index (χ0v) is 11.5. The Bertz CT molecular complexity index is 438. The van der Waals surface area contributed by atoms with E-state index in [0.29, 0.717) is 0 Å². The fourth-order valence-electron chi connectivity index (χ4n) is 0.995. The van der Waals surface area contributed by atoms with Crippen LogP contribution < -0.4 is 0 Å². The van der Waals surface area contributed by atoms with Crippen LogP contribution in [0.5, 0.6) is 0 Å². The minimum atomic E-state index is -6.55. The fraction of sp³-hybridized carbons (Fsp3) is 0.727. The molecule has 0 radical (unpaired) electrons. The molecular formula is C11H12F8O4. The highest BCUT2D eigenvalue weighted by Gasteiger charge is 2.76. The summed E-state index contributed by atoms with van der Waals surface area (Å²) in [6, 6.07) is 0. The predicted octanol–water partition coefficient (Wildman–Crippen LogP) is 2.61. The SMILES string of the molecule is C=C(C)C(=O)OC(CO)COC(F)(F)C(F)(F)C(F)(F)C(F)F. The Labute approximate surface area is 124 Å². The highest BCUT2D eigenvalue weighted by Crippen LogP contribution is 2.48. The molecule has 1 N–H and O–H groups in total. The number of hydrogen-bond acceptors (Lipinski definition) is 4. The van der Waals surface area contributed by atoms with E-state index in [4.69, 9.17) is 5.11 Å². The molecule has 23 heavy (non-hydrogen) atoms.